The molecule has 0 saturated heterocycles. The number of carbonyl (C=O) groups is 1. The second-order valence-corrected chi connectivity index (χ2v) is 7.97. The van der Waals surface area contributed by atoms with Crippen LogP contribution in [0, 0.1) is 6.92 Å². The van der Waals surface area contributed by atoms with Crippen molar-refractivity contribution in [3.05, 3.63) is 71.4 Å². The first-order valence-electron chi connectivity index (χ1n) is 8.83. The van der Waals surface area contributed by atoms with Gasteiger partial charge >= 0.3 is 0 Å². The number of hydrogen-bond acceptors (Lipinski definition) is 3. The highest BCUT2D eigenvalue weighted by Crippen LogP contribution is 2.23. The molecule has 0 aliphatic carbocycles. The second-order valence-electron chi connectivity index (χ2n) is 7.57. The molecule has 3 aromatic rings. The first kappa shape index (κ1) is 19.0. The Bertz CT molecular complexity index is 1000. The molecule has 0 fully saturated rings. The van der Waals surface area contributed by atoms with Gasteiger partial charge in [0.2, 0.25) is 0 Å². The molecule has 2 aromatic carbocycles. The predicted octanol–water partition coefficient (Wildman–Crippen LogP) is 4.97. The molecule has 1 heterocycles. The Hall–Kier alpha value is -2.79. The highest BCUT2D eigenvalue weighted by atomic mass is 32.1. The zero-order valence-corrected chi connectivity index (χ0v) is 16.8. The quantitative estimate of drug-likeness (QED) is 0.619. The molecule has 1 aromatic heterocycles. The number of nitrogens with zero attached hydrogens (tertiary/aromatic N) is 1. The smallest absolute Gasteiger partial charge is 0.257 e. The molecule has 0 spiro atoms. The fraction of sp³-hybridized carbons (Fsp3) is 0.227. The Balaban J connectivity index is 1.73. The van der Waals surface area contributed by atoms with E-state index in [4.69, 9.17) is 12.2 Å². The number of rotatable bonds is 2. The molecule has 5 heteroatoms. The summed E-state index contributed by atoms with van der Waals surface area (Å²) >= 11 is 5.32. The topological polar surface area (TPSA) is 54.0 Å². The van der Waals surface area contributed by atoms with Gasteiger partial charge in [0.05, 0.1) is 11.2 Å². The summed E-state index contributed by atoms with van der Waals surface area (Å²) in [5, 5.41) is 7.08. The number of aryl methyl sites for hydroxylation is 1. The van der Waals surface area contributed by atoms with Gasteiger partial charge in [-0.3, -0.25) is 15.1 Å². The Morgan fingerprint density at radius 1 is 1.00 bits per heavy atom. The summed E-state index contributed by atoms with van der Waals surface area (Å²) in [7, 11) is 0. The number of thiocarbonyl (C=S) groups is 1. The molecular formula is C22H23N3OS. The highest BCUT2D eigenvalue weighted by molar-refractivity contribution is 7.80. The summed E-state index contributed by atoms with van der Waals surface area (Å²) in [5.74, 6) is -0.239. The number of nitrogens with one attached hydrogen (secondary N) is 2. The third-order valence-corrected chi connectivity index (χ3v) is 4.55. The average Bonchev–Trinajstić information content (AvgIpc) is 2.61. The summed E-state index contributed by atoms with van der Waals surface area (Å²) in [6, 6.07) is 17.4. The van der Waals surface area contributed by atoms with Crippen LogP contribution in [0.2, 0.25) is 0 Å². The number of carbonyl (C=O) groups excluding carboxylic acids is 1. The molecule has 4 nitrogen and oxygen atoms in total. The van der Waals surface area contributed by atoms with E-state index in [1.807, 2.05) is 61.5 Å². The van der Waals surface area contributed by atoms with Gasteiger partial charge in [-0.15, -0.1) is 0 Å². The second kappa shape index (κ2) is 7.45. The lowest BCUT2D eigenvalue weighted by molar-refractivity contribution is 0.0977. The number of fused-ring (bicyclic) bond motifs is 1. The largest absolute Gasteiger partial charge is 0.331 e. The number of anilines is 1. The van der Waals surface area contributed by atoms with Gasteiger partial charge in [0.15, 0.2) is 5.11 Å². The minimum atomic E-state index is -0.239. The van der Waals surface area contributed by atoms with Crippen LogP contribution < -0.4 is 10.6 Å². The summed E-state index contributed by atoms with van der Waals surface area (Å²) in [5.41, 5.74) is 4.31. The third kappa shape index (κ3) is 4.49. The van der Waals surface area contributed by atoms with Crippen molar-refractivity contribution in [2.45, 2.75) is 33.1 Å². The number of hydrogen-bond donors (Lipinski definition) is 2. The Labute approximate surface area is 165 Å². The van der Waals surface area contributed by atoms with Crippen molar-refractivity contribution >= 4 is 39.8 Å². The summed E-state index contributed by atoms with van der Waals surface area (Å²) < 4.78 is 0. The van der Waals surface area contributed by atoms with E-state index in [0.717, 1.165) is 22.3 Å². The van der Waals surface area contributed by atoms with Gasteiger partial charge in [0.25, 0.3) is 5.91 Å². The van der Waals surface area contributed by atoms with E-state index in [2.05, 4.69) is 36.4 Å². The molecule has 138 valence electrons. The molecule has 0 atom stereocenters. The molecule has 0 aliphatic rings. The average molecular weight is 378 g/mol. The SMILES string of the molecule is Cc1ccc2cccc(NC(=S)NC(=O)c3ccc(C(C)(C)C)cc3)c2n1. The lowest BCUT2D eigenvalue weighted by Gasteiger charge is -2.19. The zero-order chi connectivity index (χ0) is 19.6. The fourth-order valence-corrected chi connectivity index (χ4v) is 3.00. The highest BCUT2D eigenvalue weighted by Gasteiger charge is 2.15. The van der Waals surface area contributed by atoms with E-state index in [1.54, 1.807) is 0 Å². The van der Waals surface area contributed by atoms with Gasteiger partial charge in [-0.25, -0.2) is 0 Å². The van der Waals surface area contributed by atoms with Crippen molar-refractivity contribution in [2.24, 2.45) is 0 Å². The lowest BCUT2D eigenvalue weighted by Crippen LogP contribution is -2.34. The fourth-order valence-electron chi connectivity index (χ4n) is 2.80. The van der Waals surface area contributed by atoms with Gasteiger partial charge in [-0.2, -0.15) is 0 Å². The Kier molecular flexibility index (Phi) is 5.24. The van der Waals surface area contributed by atoms with Crippen molar-refractivity contribution in [1.29, 1.82) is 0 Å². The zero-order valence-electron chi connectivity index (χ0n) is 16.0. The first-order valence-corrected chi connectivity index (χ1v) is 9.24. The van der Waals surface area contributed by atoms with Crippen molar-refractivity contribution in [1.82, 2.24) is 10.3 Å². The Morgan fingerprint density at radius 3 is 2.37 bits per heavy atom. The molecule has 0 unspecified atom stereocenters. The van der Waals surface area contributed by atoms with Crippen LogP contribution in [0.3, 0.4) is 0 Å². The summed E-state index contributed by atoms with van der Waals surface area (Å²) in [4.78, 5) is 17.0. The van der Waals surface area contributed by atoms with E-state index >= 15 is 0 Å². The van der Waals surface area contributed by atoms with Gasteiger partial charge in [-0.05, 0) is 54.4 Å². The molecule has 0 aliphatic heterocycles. The van der Waals surface area contributed by atoms with E-state index < -0.39 is 0 Å². The molecule has 0 radical (unpaired) electrons. The van der Waals surface area contributed by atoms with Crippen molar-refractivity contribution in [3.63, 3.8) is 0 Å². The van der Waals surface area contributed by atoms with Crippen LogP contribution in [-0.4, -0.2) is 16.0 Å². The predicted molar refractivity (Wildman–Crippen MR) is 115 cm³/mol. The maximum absolute atomic E-state index is 12.5. The van der Waals surface area contributed by atoms with Crippen LogP contribution in [0.25, 0.3) is 10.9 Å². The lowest BCUT2D eigenvalue weighted by atomic mass is 9.87. The maximum atomic E-state index is 12.5. The van der Waals surface area contributed by atoms with Crippen molar-refractivity contribution < 1.29 is 4.79 Å². The normalized spacial score (nSPS) is 11.3. The van der Waals surface area contributed by atoms with E-state index in [9.17, 15) is 4.79 Å². The van der Waals surface area contributed by atoms with E-state index in [0.29, 0.717) is 5.56 Å². The number of aromatic nitrogens is 1. The Morgan fingerprint density at radius 2 is 1.70 bits per heavy atom. The summed E-state index contributed by atoms with van der Waals surface area (Å²) in [6.45, 7) is 8.36. The van der Waals surface area contributed by atoms with Crippen LogP contribution in [0.1, 0.15) is 42.4 Å². The molecule has 0 saturated carbocycles. The van der Waals surface area contributed by atoms with Gasteiger partial charge in [-0.1, -0.05) is 51.1 Å². The maximum Gasteiger partial charge on any atom is 0.257 e. The third-order valence-electron chi connectivity index (χ3n) is 4.35. The van der Waals surface area contributed by atoms with Gasteiger partial charge in [0, 0.05) is 16.6 Å². The molecular weight excluding hydrogens is 354 g/mol. The van der Waals surface area contributed by atoms with E-state index in [-0.39, 0.29) is 16.4 Å². The van der Waals surface area contributed by atoms with Crippen LogP contribution in [0.5, 0.6) is 0 Å². The number of amides is 1. The van der Waals surface area contributed by atoms with Gasteiger partial charge in [0.1, 0.15) is 0 Å². The molecule has 3 rings (SSSR count). The number of pyridine rings is 1. The van der Waals surface area contributed by atoms with Crippen LogP contribution in [0.4, 0.5) is 5.69 Å². The number of para-hydroxylation sites is 1. The van der Waals surface area contributed by atoms with Crippen molar-refractivity contribution in [3.8, 4) is 0 Å². The van der Waals surface area contributed by atoms with Crippen LogP contribution >= 0.6 is 12.2 Å². The standard InChI is InChI=1S/C22H23N3OS/c1-14-8-9-15-6-5-7-18(19(15)23-14)24-21(27)25-20(26)16-10-12-17(13-11-16)22(2,3)4/h5-13H,1-4H3,(H2,24,25,26,27). The monoisotopic (exact) mass is 377 g/mol. The molecule has 27 heavy (non-hydrogen) atoms. The molecule has 1 amide bonds. The van der Waals surface area contributed by atoms with E-state index in [1.165, 1.54) is 5.56 Å². The van der Waals surface area contributed by atoms with Crippen molar-refractivity contribution in [2.75, 3.05) is 5.32 Å². The summed E-state index contributed by atoms with van der Waals surface area (Å²) in [6.07, 6.45) is 0. The first-order chi connectivity index (χ1) is 12.7. The number of benzene rings is 2. The van der Waals surface area contributed by atoms with Crippen LogP contribution in [-0.2, 0) is 5.41 Å². The minimum Gasteiger partial charge on any atom is -0.331 e. The molecule has 0 bridgehead atoms. The van der Waals surface area contributed by atoms with Crippen LogP contribution in [0.15, 0.2) is 54.6 Å². The minimum absolute atomic E-state index is 0.0470. The van der Waals surface area contributed by atoms with Gasteiger partial charge < -0.3 is 5.32 Å². The molecule has 2 N–H and O–H groups in total.